The fraction of sp³-hybridized carbons (Fsp3) is 0.222. The molecular weight excluding hydrogens is 286 g/mol. The van der Waals surface area contributed by atoms with E-state index in [2.05, 4.69) is 0 Å². The maximum atomic E-state index is 12.4. The van der Waals surface area contributed by atoms with Crippen LogP contribution < -0.4 is 51.4 Å². The van der Waals surface area contributed by atoms with Crippen LogP contribution in [0.25, 0.3) is 0 Å². The number of nitrogens with zero attached hydrogens (tertiary/aromatic N) is 1. The first-order valence-electron chi connectivity index (χ1n) is 4.43. The Morgan fingerprint density at radius 2 is 1.72 bits per heavy atom. The van der Waals surface area contributed by atoms with Gasteiger partial charge in [-0.1, -0.05) is 17.7 Å². The predicted octanol–water partition coefficient (Wildman–Crippen LogP) is 0.595. The summed E-state index contributed by atoms with van der Waals surface area (Å²) in [5, 5.41) is 8.44. The SMILES string of the molecule is N#Cc1cccc(C([B-](F)(F)F)C(F)(F)F)c1.[K+]. The molecule has 0 bridgehead atoms. The third kappa shape index (κ3) is 4.59. The topological polar surface area (TPSA) is 23.8 Å². The Labute approximate surface area is 142 Å². The standard InChI is InChI=1S/C9H5BF6N.K/c11-9(12,13)8(10(14,15)16)7-3-1-2-6(4-7)5-17;/h1-4,8H;/q-1;+1. The van der Waals surface area contributed by atoms with Crippen LogP contribution in [-0.2, 0) is 0 Å². The minimum absolute atomic E-state index is 0. The molecule has 0 fully saturated rings. The number of nitriles is 1. The Balaban J connectivity index is 0.00000289. The maximum Gasteiger partial charge on any atom is 1.00 e. The molecule has 1 aromatic carbocycles. The van der Waals surface area contributed by atoms with Gasteiger partial charge in [0.2, 0.25) is 0 Å². The molecule has 92 valence electrons. The molecule has 0 saturated carbocycles. The van der Waals surface area contributed by atoms with E-state index in [1.165, 1.54) is 6.07 Å². The van der Waals surface area contributed by atoms with Crippen molar-refractivity contribution in [3.05, 3.63) is 35.4 Å². The largest absolute Gasteiger partial charge is 1.00 e. The number of benzene rings is 1. The summed E-state index contributed by atoms with van der Waals surface area (Å²) >= 11 is 0. The second-order valence-electron chi connectivity index (χ2n) is 3.38. The molecule has 0 radical (unpaired) electrons. The average Bonchev–Trinajstić information content (AvgIpc) is 2.13. The molecule has 0 heterocycles. The van der Waals surface area contributed by atoms with E-state index in [0.717, 1.165) is 12.1 Å². The predicted molar refractivity (Wildman–Crippen MR) is 49.0 cm³/mol. The molecule has 1 aromatic rings. The first-order valence-corrected chi connectivity index (χ1v) is 4.43. The van der Waals surface area contributed by atoms with Gasteiger partial charge in [-0.25, -0.2) is 0 Å². The summed E-state index contributed by atoms with van der Waals surface area (Å²) in [6, 6.07) is 4.95. The monoisotopic (exact) mass is 291 g/mol. The first-order chi connectivity index (χ1) is 7.66. The van der Waals surface area contributed by atoms with Gasteiger partial charge in [0.05, 0.1) is 11.6 Å². The number of halogens is 6. The molecule has 0 aliphatic heterocycles. The molecule has 18 heavy (non-hydrogen) atoms. The third-order valence-corrected chi connectivity index (χ3v) is 2.11. The van der Waals surface area contributed by atoms with E-state index in [4.69, 9.17) is 5.26 Å². The number of hydrogen-bond acceptors (Lipinski definition) is 1. The Morgan fingerprint density at radius 3 is 2.11 bits per heavy atom. The van der Waals surface area contributed by atoms with E-state index >= 15 is 0 Å². The van der Waals surface area contributed by atoms with Gasteiger partial charge in [-0.2, -0.15) is 18.4 Å². The van der Waals surface area contributed by atoms with Crippen molar-refractivity contribution < 1.29 is 77.5 Å². The van der Waals surface area contributed by atoms with E-state index < -0.39 is 24.5 Å². The van der Waals surface area contributed by atoms with E-state index in [-0.39, 0.29) is 56.9 Å². The molecule has 0 saturated heterocycles. The molecular formula is C9H5BF6KN. The number of alkyl halides is 3. The first kappa shape index (κ1) is 18.0. The van der Waals surface area contributed by atoms with Crippen molar-refractivity contribution >= 4 is 6.98 Å². The van der Waals surface area contributed by atoms with E-state index in [1.54, 1.807) is 0 Å². The number of rotatable bonds is 2. The molecule has 0 N–H and O–H groups in total. The van der Waals surface area contributed by atoms with Gasteiger partial charge in [0.15, 0.2) is 0 Å². The summed E-state index contributed by atoms with van der Waals surface area (Å²) in [6.07, 6.45) is -5.41. The molecule has 1 nitrogen and oxygen atoms in total. The summed E-state index contributed by atoms with van der Waals surface area (Å²) in [5.41, 5.74) is -1.19. The fourth-order valence-electron chi connectivity index (χ4n) is 1.42. The molecule has 0 spiro atoms. The zero-order valence-corrected chi connectivity index (χ0v) is 12.3. The molecule has 1 atom stereocenters. The van der Waals surface area contributed by atoms with E-state index in [1.807, 2.05) is 0 Å². The normalized spacial score (nSPS) is 13.4. The van der Waals surface area contributed by atoms with Crippen LogP contribution in [0.2, 0.25) is 0 Å². The van der Waals surface area contributed by atoms with Crippen molar-refractivity contribution in [1.29, 1.82) is 5.26 Å². The van der Waals surface area contributed by atoms with Crippen LogP contribution in [0.3, 0.4) is 0 Å². The zero-order valence-electron chi connectivity index (χ0n) is 9.18. The van der Waals surface area contributed by atoms with Crippen LogP contribution in [-0.4, -0.2) is 13.2 Å². The van der Waals surface area contributed by atoms with Crippen molar-refractivity contribution in [2.24, 2.45) is 0 Å². The smallest absolute Gasteiger partial charge is 0.448 e. The van der Waals surface area contributed by atoms with Gasteiger partial charge in [0.1, 0.15) is 0 Å². The molecule has 1 rings (SSSR count). The molecule has 0 aliphatic rings. The van der Waals surface area contributed by atoms with Crippen molar-refractivity contribution in [1.82, 2.24) is 0 Å². The maximum absolute atomic E-state index is 12.4. The van der Waals surface area contributed by atoms with Crippen LogP contribution in [0, 0.1) is 11.3 Å². The van der Waals surface area contributed by atoms with Gasteiger partial charge >= 0.3 is 64.5 Å². The van der Waals surface area contributed by atoms with Gasteiger partial charge in [-0.05, 0) is 12.1 Å². The summed E-state index contributed by atoms with van der Waals surface area (Å²) < 4.78 is 74.2. The van der Waals surface area contributed by atoms with Crippen molar-refractivity contribution in [2.45, 2.75) is 12.0 Å². The minimum Gasteiger partial charge on any atom is -0.448 e. The van der Waals surface area contributed by atoms with Gasteiger partial charge in [-0.3, -0.25) is 0 Å². The third-order valence-electron chi connectivity index (χ3n) is 2.11. The Bertz CT molecular complexity index is 436. The van der Waals surface area contributed by atoms with Crippen molar-refractivity contribution in [3.63, 3.8) is 0 Å². The van der Waals surface area contributed by atoms with Crippen LogP contribution >= 0.6 is 0 Å². The second-order valence-corrected chi connectivity index (χ2v) is 3.38. The average molecular weight is 291 g/mol. The van der Waals surface area contributed by atoms with Crippen LogP contribution in [0.5, 0.6) is 0 Å². The zero-order chi connectivity index (χ0) is 13.3. The second kappa shape index (κ2) is 6.43. The van der Waals surface area contributed by atoms with Crippen LogP contribution in [0.15, 0.2) is 24.3 Å². The summed E-state index contributed by atoms with van der Waals surface area (Å²) in [6.45, 7) is -6.11. The molecule has 9 heteroatoms. The molecule has 0 amide bonds. The van der Waals surface area contributed by atoms with Crippen molar-refractivity contribution in [3.8, 4) is 6.07 Å². The molecule has 0 aliphatic carbocycles. The summed E-state index contributed by atoms with van der Waals surface area (Å²) in [7, 11) is 0. The van der Waals surface area contributed by atoms with Crippen LogP contribution in [0.4, 0.5) is 26.1 Å². The van der Waals surface area contributed by atoms with Gasteiger partial charge in [0.25, 0.3) is 0 Å². The Morgan fingerprint density at radius 1 is 1.17 bits per heavy atom. The van der Waals surface area contributed by atoms with Gasteiger partial charge in [0, 0.05) is 5.82 Å². The van der Waals surface area contributed by atoms with Crippen LogP contribution in [0.1, 0.15) is 16.9 Å². The molecule has 0 aromatic heterocycles. The van der Waals surface area contributed by atoms with Gasteiger partial charge in [-0.15, -0.1) is 0 Å². The van der Waals surface area contributed by atoms with E-state index in [9.17, 15) is 26.1 Å². The summed E-state index contributed by atoms with van der Waals surface area (Å²) in [5.74, 6) is -3.50. The number of hydrogen-bond donors (Lipinski definition) is 0. The van der Waals surface area contributed by atoms with Crippen molar-refractivity contribution in [2.75, 3.05) is 0 Å². The Hall–Kier alpha value is -0.00870. The molecule has 1 unspecified atom stereocenters. The summed E-state index contributed by atoms with van der Waals surface area (Å²) in [4.78, 5) is 0. The minimum atomic E-state index is -6.11. The Kier molecular flexibility index (Phi) is 6.43. The quantitative estimate of drug-likeness (QED) is 0.578. The van der Waals surface area contributed by atoms with E-state index in [0.29, 0.717) is 12.1 Å². The fourth-order valence-corrected chi connectivity index (χ4v) is 1.42. The van der Waals surface area contributed by atoms with Gasteiger partial charge < -0.3 is 12.9 Å².